The van der Waals surface area contributed by atoms with Crippen molar-refractivity contribution in [1.82, 2.24) is 10.2 Å². The summed E-state index contributed by atoms with van der Waals surface area (Å²) >= 11 is 12.8. The Bertz CT molecular complexity index is 1360. The number of ether oxygens (including phenoxy) is 1. The molecule has 224 valence electrons. The summed E-state index contributed by atoms with van der Waals surface area (Å²) in [6, 6.07) is 7.31. The Morgan fingerprint density at radius 2 is 1.78 bits per heavy atom. The predicted molar refractivity (Wildman–Crippen MR) is 158 cm³/mol. The molecule has 41 heavy (non-hydrogen) atoms. The molecule has 3 rings (SSSR count). The number of halogens is 2. The molecule has 1 atom stereocenters. The van der Waals surface area contributed by atoms with Gasteiger partial charge in [0.1, 0.15) is 24.0 Å². The van der Waals surface area contributed by atoms with Crippen molar-refractivity contribution in [2.75, 3.05) is 24.2 Å². The van der Waals surface area contributed by atoms with Crippen molar-refractivity contribution in [3.63, 3.8) is 0 Å². The molecule has 2 amide bonds. The van der Waals surface area contributed by atoms with E-state index in [9.17, 15) is 28.1 Å². The number of sulfonamides is 1. The Kier molecular flexibility index (Phi) is 11.2. The Balaban J connectivity index is 2.04. The molecule has 0 unspecified atom stereocenters. The lowest BCUT2D eigenvalue weighted by molar-refractivity contribution is -0.384. The molecule has 0 radical (unpaired) electrons. The molecule has 2 aromatic rings. The molecular formula is C27H34Cl2N4O7S. The average molecular weight is 630 g/mol. The standard InChI is InChI=1S/C27H34Cl2N4O7S/c1-4-23(27(35)30-18-9-6-5-7-10-18)31(16-20-21(28)11-8-12-22(20)29)26(34)17-32(41(3,38)39)24-15-19(33(36)37)13-14-25(24)40-2/h8,11-15,18,23H,4-7,9-10,16-17H2,1-3H3,(H,30,35)/t23-/m1/s1. The Labute approximate surface area is 249 Å². The maximum Gasteiger partial charge on any atom is 0.271 e. The van der Waals surface area contributed by atoms with Crippen molar-refractivity contribution in [2.24, 2.45) is 0 Å². The normalized spacial score (nSPS) is 14.7. The molecular weight excluding hydrogens is 595 g/mol. The molecule has 1 aliphatic carbocycles. The number of carbonyl (C=O) groups excluding carboxylic acids is 2. The van der Waals surface area contributed by atoms with Gasteiger partial charge in [0.05, 0.1) is 18.3 Å². The summed E-state index contributed by atoms with van der Waals surface area (Å²) in [7, 11) is -2.88. The Hall–Kier alpha value is -3.09. The number of nitrogens with one attached hydrogen (secondary N) is 1. The summed E-state index contributed by atoms with van der Waals surface area (Å²) in [4.78, 5) is 39.5. The summed E-state index contributed by atoms with van der Waals surface area (Å²) in [6.45, 7) is 0.820. The first-order valence-corrected chi connectivity index (χ1v) is 15.8. The van der Waals surface area contributed by atoms with E-state index in [4.69, 9.17) is 27.9 Å². The van der Waals surface area contributed by atoms with E-state index in [1.807, 2.05) is 0 Å². The second-order valence-electron chi connectivity index (χ2n) is 9.87. The lowest BCUT2D eigenvalue weighted by atomic mass is 9.95. The van der Waals surface area contributed by atoms with Crippen molar-refractivity contribution >= 4 is 56.4 Å². The topological polar surface area (TPSA) is 139 Å². The predicted octanol–water partition coefficient (Wildman–Crippen LogP) is 4.93. The molecule has 11 nitrogen and oxygen atoms in total. The molecule has 1 fully saturated rings. The lowest BCUT2D eigenvalue weighted by Crippen LogP contribution is -2.54. The van der Waals surface area contributed by atoms with Crippen molar-refractivity contribution in [3.05, 3.63) is 62.1 Å². The highest BCUT2D eigenvalue weighted by Gasteiger charge is 2.34. The highest BCUT2D eigenvalue weighted by Crippen LogP contribution is 2.34. The number of methoxy groups -OCH3 is 1. The van der Waals surface area contributed by atoms with Crippen LogP contribution in [-0.2, 0) is 26.2 Å². The minimum Gasteiger partial charge on any atom is -0.495 e. The van der Waals surface area contributed by atoms with Gasteiger partial charge in [0.25, 0.3) is 5.69 Å². The molecule has 1 aliphatic rings. The fourth-order valence-corrected chi connectivity index (χ4v) is 6.26. The third kappa shape index (κ3) is 8.23. The van der Waals surface area contributed by atoms with Gasteiger partial charge in [-0.1, -0.05) is 55.5 Å². The second-order valence-corrected chi connectivity index (χ2v) is 12.6. The fourth-order valence-electron chi connectivity index (χ4n) is 4.90. The van der Waals surface area contributed by atoms with Gasteiger partial charge >= 0.3 is 0 Å². The van der Waals surface area contributed by atoms with E-state index < -0.39 is 33.4 Å². The van der Waals surface area contributed by atoms with Crippen LogP contribution >= 0.6 is 23.2 Å². The van der Waals surface area contributed by atoms with Crippen LogP contribution in [0.3, 0.4) is 0 Å². The highest BCUT2D eigenvalue weighted by molar-refractivity contribution is 7.92. The van der Waals surface area contributed by atoms with Gasteiger partial charge in [-0.15, -0.1) is 0 Å². The van der Waals surface area contributed by atoms with Crippen LogP contribution in [0.1, 0.15) is 51.0 Å². The first kappa shape index (κ1) is 32.4. The molecule has 0 aromatic heterocycles. The molecule has 1 N–H and O–H groups in total. The van der Waals surface area contributed by atoms with E-state index >= 15 is 0 Å². The van der Waals surface area contributed by atoms with Crippen molar-refractivity contribution in [2.45, 2.75) is 64.1 Å². The number of nitro benzene ring substituents is 1. The molecule has 0 aliphatic heterocycles. The number of benzene rings is 2. The highest BCUT2D eigenvalue weighted by atomic mass is 35.5. The van der Waals surface area contributed by atoms with Crippen LogP contribution in [0.2, 0.25) is 10.0 Å². The quantitative estimate of drug-likeness (QED) is 0.259. The second kappa shape index (κ2) is 14.2. The van der Waals surface area contributed by atoms with E-state index in [-0.39, 0.29) is 52.1 Å². The van der Waals surface area contributed by atoms with Gasteiger partial charge < -0.3 is 15.0 Å². The monoisotopic (exact) mass is 628 g/mol. The molecule has 0 saturated heterocycles. The number of nitrogens with zero attached hydrogens (tertiary/aromatic N) is 3. The van der Waals surface area contributed by atoms with Crippen molar-refractivity contribution in [3.8, 4) is 5.75 Å². The van der Waals surface area contributed by atoms with E-state index in [0.717, 1.165) is 48.7 Å². The van der Waals surface area contributed by atoms with Gasteiger partial charge in [0.2, 0.25) is 21.8 Å². The number of rotatable bonds is 12. The van der Waals surface area contributed by atoms with Crippen LogP contribution < -0.4 is 14.4 Å². The molecule has 0 spiro atoms. The average Bonchev–Trinajstić information content (AvgIpc) is 2.92. The molecule has 1 saturated carbocycles. The molecule has 2 aromatic carbocycles. The van der Waals surface area contributed by atoms with Gasteiger partial charge in [-0.05, 0) is 37.5 Å². The number of carbonyl (C=O) groups is 2. The third-order valence-corrected chi connectivity index (χ3v) is 8.88. The summed E-state index contributed by atoms with van der Waals surface area (Å²) < 4.78 is 31.9. The van der Waals surface area contributed by atoms with Crippen molar-refractivity contribution in [1.29, 1.82) is 0 Å². The van der Waals surface area contributed by atoms with Crippen LogP contribution in [0.4, 0.5) is 11.4 Å². The van der Waals surface area contributed by atoms with E-state index in [1.165, 1.54) is 24.1 Å². The number of hydrogen-bond donors (Lipinski definition) is 1. The van der Waals surface area contributed by atoms with E-state index in [1.54, 1.807) is 25.1 Å². The zero-order valence-corrected chi connectivity index (χ0v) is 25.5. The van der Waals surface area contributed by atoms with Gasteiger partial charge in [0.15, 0.2) is 0 Å². The van der Waals surface area contributed by atoms with Crippen molar-refractivity contribution < 1.29 is 27.7 Å². The van der Waals surface area contributed by atoms with Gasteiger partial charge in [-0.2, -0.15) is 0 Å². The number of non-ortho nitro benzene ring substituents is 1. The first-order chi connectivity index (χ1) is 19.4. The number of amides is 2. The van der Waals surface area contributed by atoms with Crippen LogP contribution in [0, 0.1) is 10.1 Å². The van der Waals surface area contributed by atoms with Crippen LogP contribution in [0.5, 0.6) is 5.75 Å². The number of nitro groups is 1. The zero-order chi connectivity index (χ0) is 30.3. The maximum atomic E-state index is 14.0. The Morgan fingerprint density at radius 1 is 1.15 bits per heavy atom. The zero-order valence-electron chi connectivity index (χ0n) is 23.1. The minimum atomic E-state index is -4.16. The van der Waals surface area contributed by atoms with Gasteiger partial charge in [0, 0.05) is 40.3 Å². The van der Waals surface area contributed by atoms with Crippen LogP contribution in [-0.4, -0.2) is 62.0 Å². The number of anilines is 1. The van der Waals surface area contributed by atoms with Crippen LogP contribution in [0.25, 0.3) is 0 Å². The van der Waals surface area contributed by atoms with Gasteiger partial charge in [-0.25, -0.2) is 8.42 Å². The molecule has 0 bridgehead atoms. The smallest absolute Gasteiger partial charge is 0.271 e. The third-order valence-electron chi connectivity index (χ3n) is 7.05. The summed E-state index contributed by atoms with van der Waals surface area (Å²) in [5.41, 5.74) is -0.181. The van der Waals surface area contributed by atoms with Crippen LogP contribution in [0.15, 0.2) is 36.4 Å². The largest absolute Gasteiger partial charge is 0.495 e. The Morgan fingerprint density at radius 3 is 2.32 bits per heavy atom. The number of hydrogen-bond acceptors (Lipinski definition) is 7. The lowest BCUT2D eigenvalue weighted by Gasteiger charge is -2.34. The summed E-state index contributed by atoms with van der Waals surface area (Å²) in [5.74, 6) is -1.09. The van der Waals surface area contributed by atoms with E-state index in [2.05, 4.69) is 5.32 Å². The molecule has 0 heterocycles. The SMILES string of the molecule is CC[C@H](C(=O)NC1CCCCC1)N(Cc1c(Cl)cccc1Cl)C(=O)CN(c1cc([N+](=O)[O-])ccc1OC)S(C)(=O)=O. The van der Waals surface area contributed by atoms with Gasteiger partial charge in [-0.3, -0.25) is 24.0 Å². The minimum absolute atomic E-state index is 0.0107. The summed E-state index contributed by atoms with van der Waals surface area (Å²) in [5, 5.41) is 15.0. The fraction of sp³-hybridized carbons (Fsp3) is 0.481. The maximum absolute atomic E-state index is 14.0. The molecule has 14 heteroatoms. The van der Waals surface area contributed by atoms with E-state index in [0.29, 0.717) is 5.56 Å². The summed E-state index contributed by atoms with van der Waals surface area (Å²) in [6.07, 6.45) is 5.86. The first-order valence-electron chi connectivity index (χ1n) is 13.2.